The largest absolute Gasteiger partial charge is 0.472 e. The number of aromatic amines is 2. The van der Waals surface area contributed by atoms with Crippen LogP contribution < -0.4 is 0 Å². The molecular formula is C27H23FN8O. The van der Waals surface area contributed by atoms with Crippen LogP contribution in [-0.2, 0) is 6.54 Å². The molecule has 9 nitrogen and oxygen atoms in total. The van der Waals surface area contributed by atoms with Crippen molar-refractivity contribution in [3.05, 3.63) is 66.9 Å². The van der Waals surface area contributed by atoms with Crippen molar-refractivity contribution < 1.29 is 8.81 Å². The number of fused-ring (bicyclic) bond motifs is 2. The SMILES string of the molecule is Fc1c(-c2cncc(CN3CCCCC3)c2)ncc2[nH]nc(-c3nc4c(-c5ccoc5)ccnc4[nH]3)c12. The molecule has 1 fully saturated rings. The third-order valence-electron chi connectivity index (χ3n) is 6.91. The number of furan rings is 1. The number of aromatic nitrogens is 7. The van der Waals surface area contributed by atoms with E-state index in [1.807, 2.05) is 24.4 Å². The highest BCUT2D eigenvalue weighted by Crippen LogP contribution is 2.34. The van der Waals surface area contributed by atoms with Gasteiger partial charge in [-0.05, 0) is 49.7 Å². The Morgan fingerprint density at radius 2 is 1.92 bits per heavy atom. The monoisotopic (exact) mass is 494 g/mol. The molecule has 7 rings (SSSR count). The van der Waals surface area contributed by atoms with E-state index in [0.29, 0.717) is 39.1 Å². The molecule has 7 heterocycles. The highest BCUT2D eigenvalue weighted by Gasteiger charge is 2.22. The zero-order valence-electron chi connectivity index (χ0n) is 19.9. The summed E-state index contributed by atoms with van der Waals surface area (Å²) in [6.45, 7) is 2.96. The molecule has 0 spiro atoms. The van der Waals surface area contributed by atoms with Gasteiger partial charge < -0.3 is 9.40 Å². The molecule has 0 saturated carbocycles. The van der Waals surface area contributed by atoms with Crippen LogP contribution in [0.2, 0.25) is 0 Å². The van der Waals surface area contributed by atoms with Crippen molar-refractivity contribution in [3.8, 4) is 33.9 Å². The number of likely N-dealkylation sites (tertiary alicyclic amines) is 1. The molecule has 0 radical (unpaired) electrons. The van der Waals surface area contributed by atoms with Gasteiger partial charge in [-0.3, -0.25) is 20.0 Å². The fraction of sp³-hybridized carbons (Fsp3) is 0.222. The zero-order valence-corrected chi connectivity index (χ0v) is 19.9. The first-order chi connectivity index (χ1) is 18.2. The summed E-state index contributed by atoms with van der Waals surface area (Å²) in [7, 11) is 0. The number of halogens is 1. The molecule has 1 saturated heterocycles. The average molecular weight is 495 g/mol. The number of H-pyrrole nitrogens is 2. The van der Waals surface area contributed by atoms with Gasteiger partial charge >= 0.3 is 0 Å². The van der Waals surface area contributed by atoms with Crippen molar-refractivity contribution in [1.82, 2.24) is 40.0 Å². The number of pyridine rings is 3. The summed E-state index contributed by atoms with van der Waals surface area (Å²) in [6, 6.07) is 5.70. The second-order valence-corrected chi connectivity index (χ2v) is 9.35. The highest BCUT2D eigenvalue weighted by molar-refractivity contribution is 5.97. The normalized spacial score (nSPS) is 14.6. The first-order valence-corrected chi connectivity index (χ1v) is 12.3. The minimum Gasteiger partial charge on any atom is -0.472 e. The van der Waals surface area contributed by atoms with Gasteiger partial charge in [-0.1, -0.05) is 6.42 Å². The predicted molar refractivity (Wildman–Crippen MR) is 137 cm³/mol. The summed E-state index contributed by atoms with van der Waals surface area (Å²) in [5, 5.41) is 7.58. The van der Waals surface area contributed by atoms with Crippen molar-refractivity contribution in [1.29, 1.82) is 0 Å². The molecule has 1 aliphatic heterocycles. The molecule has 10 heteroatoms. The minimum absolute atomic E-state index is 0.233. The van der Waals surface area contributed by atoms with Crippen LogP contribution in [0.5, 0.6) is 0 Å². The Morgan fingerprint density at radius 1 is 1.00 bits per heavy atom. The first-order valence-electron chi connectivity index (χ1n) is 12.3. The maximum atomic E-state index is 16.1. The number of nitrogens with one attached hydrogen (secondary N) is 2. The zero-order chi connectivity index (χ0) is 24.8. The second kappa shape index (κ2) is 8.90. The summed E-state index contributed by atoms with van der Waals surface area (Å²) in [4.78, 5) is 23.5. The quantitative estimate of drug-likeness (QED) is 0.332. The third-order valence-corrected chi connectivity index (χ3v) is 6.91. The van der Waals surface area contributed by atoms with Crippen molar-refractivity contribution in [2.45, 2.75) is 25.8 Å². The van der Waals surface area contributed by atoms with Crippen LogP contribution in [-0.4, -0.2) is 53.1 Å². The summed E-state index contributed by atoms with van der Waals surface area (Å²) in [6.07, 6.45) is 13.8. The molecule has 37 heavy (non-hydrogen) atoms. The smallest absolute Gasteiger partial charge is 0.161 e. The van der Waals surface area contributed by atoms with Gasteiger partial charge in [-0.15, -0.1) is 0 Å². The van der Waals surface area contributed by atoms with Gasteiger partial charge in [0.1, 0.15) is 16.9 Å². The lowest BCUT2D eigenvalue weighted by Gasteiger charge is -2.26. The van der Waals surface area contributed by atoms with Crippen LogP contribution in [0.3, 0.4) is 0 Å². The molecule has 0 aliphatic carbocycles. The van der Waals surface area contributed by atoms with Crippen LogP contribution in [0.15, 0.2) is 59.9 Å². The van der Waals surface area contributed by atoms with Gasteiger partial charge in [-0.25, -0.2) is 14.4 Å². The van der Waals surface area contributed by atoms with E-state index in [2.05, 4.69) is 35.0 Å². The molecule has 184 valence electrons. The standard InChI is InChI=1S/C27H23FN8O/c28-22-21-20(13-31-23(22)18-10-16(11-29-12-18)14-36-7-2-1-3-8-36)34-35-25(21)27-32-24-19(17-5-9-37-15-17)4-6-30-26(24)33-27/h4-6,9-13,15H,1-3,7-8,14H2,(H,34,35)(H,30,32,33). The Bertz CT molecular complexity index is 1720. The van der Waals surface area contributed by atoms with E-state index in [4.69, 9.17) is 9.40 Å². The Labute approximate surface area is 210 Å². The molecule has 0 unspecified atom stereocenters. The van der Waals surface area contributed by atoms with Crippen LogP contribution in [0.25, 0.3) is 56.0 Å². The minimum atomic E-state index is -0.471. The van der Waals surface area contributed by atoms with Crippen LogP contribution >= 0.6 is 0 Å². The first kappa shape index (κ1) is 21.8. The van der Waals surface area contributed by atoms with E-state index in [1.165, 1.54) is 19.3 Å². The summed E-state index contributed by atoms with van der Waals surface area (Å²) < 4.78 is 21.3. The number of hydrogen-bond acceptors (Lipinski definition) is 7. The van der Waals surface area contributed by atoms with Gasteiger partial charge in [0.25, 0.3) is 0 Å². The number of hydrogen-bond donors (Lipinski definition) is 2. The molecule has 6 aromatic rings. The Morgan fingerprint density at radius 3 is 2.78 bits per heavy atom. The van der Waals surface area contributed by atoms with Crippen molar-refractivity contribution in [2.24, 2.45) is 0 Å². The number of imidazole rings is 1. The second-order valence-electron chi connectivity index (χ2n) is 9.35. The van der Waals surface area contributed by atoms with Gasteiger partial charge in [-0.2, -0.15) is 5.10 Å². The van der Waals surface area contributed by atoms with Gasteiger partial charge in [0.15, 0.2) is 17.3 Å². The van der Waals surface area contributed by atoms with Gasteiger partial charge in [0.2, 0.25) is 0 Å². The highest BCUT2D eigenvalue weighted by atomic mass is 19.1. The van der Waals surface area contributed by atoms with Gasteiger partial charge in [0, 0.05) is 41.8 Å². The number of nitrogens with zero attached hydrogens (tertiary/aromatic N) is 6. The lowest BCUT2D eigenvalue weighted by atomic mass is 10.1. The van der Waals surface area contributed by atoms with Crippen molar-refractivity contribution in [2.75, 3.05) is 13.1 Å². The van der Waals surface area contributed by atoms with Crippen molar-refractivity contribution in [3.63, 3.8) is 0 Å². The molecule has 6 aromatic heterocycles. The van der Waals surface area contributed by atoms with E-state index in [9.17, 15) is 0 Å². The van der Waals surface area contributed by atoms with E-state index >= 15 is 4.39 Å². The lowest BCUT2D eigenvalue weighted by molar-refractivity contribution is 0.220. The lowest BCUT2D eigenvalue weighted by Crippen LogP contribution is -2.29. The van der Waals surface area contributed by atoms with Crippen molar-refractivity contribution >= 4 is 22.1 Å². The van der Waals surface area contributed by atoms with Crippen LogP contribution in [0.1, 0.15) is 24.8 Å². The number of rotatable bonds is 5. The summed E-state index contributed by atoms with van der Waals surface area (Å²) >= 11 is 0. The summed E-state index contributed by atoms with van der Waals surface area (Å²) in [5.41, 5.74) is 5.73. The van der Waals surface area contributed by atoms with E-state index in [1.54, 1.807) is 31.1 Å². The predicted octanol–water partition coefficient (Wildman–Crippen LogP) is 5.34. The molecule has 0 amide bonds. The molecule has 0 aromatic carbocycles. The topological polar surface area (TPSA) is 112 Å². The molecule has 1 aliphatic rings. The molecule has 0 atom stereocenters. The molecule has 0 bridgehead atoms. The maximum Gasteiger partial charge on any atom is 0.161 e. The summed E-state index contributed by atoms with van der Waals surface area (Å²) in [5.74, 6) is -0.0561. The van der Waals surface area contributed by atoms with E-state index < -0.39 is 5.82 Å². The Kier molecular flexibility index (Phi) is 5.24. The van der Waals surface area contributed by atoms with Gasteiger partial charge in [0.05, 0.1) is 29.6 Å². The number of piperidine rings is 1. The fourth-order valence-corrected chi connectivity index (χ4v) is 5.10. The fourth-order valence-electron chi connectivity index (χ4n) is 5.10. The van der Waals surface area contributed by atoms with Crippen LogP contribution in [0.4, 0.5) is 4.39 Å². The Balaban J connectivity index is 1.30. The Hall–Kier alpha value is -4.44. The maximum absolute atomic E-state index is 16.1. The van der Waals surface area contributed by atoms with E-state index in [-0.39, 0.29) is 5.69 Å². The third kappa shape index (κ3) is 3.86. The average Bonchev–Trinajstić information content (AvgIpc) is 3.69. The van der Waals surface area contributed by atoms with E-state index in [0.717, 1.165) is 36.3 Å². The van der Waals surface area contributed by atoms with Crippen LogP contribution in [0, 0.1) is 5.82 Å². The molecular weight excluding hydrogens is 471 g/mol. The molecule has 2 N–H and O–H groups in total.